The number of rotatable bonds is 2. The highest BCUT2D eigenvalue weighted by Crippen LogP contribution is 2.23. The number of carbonyl (C=O) groups is 1. The molecule has 0 radical (unpaired) electrons. The molecule has 1 aromatic heterocycles. The zero-order valence-corrected chi connectivity index (χ0v) is 10.2. The Labute approximate surface area is 108 Å². The van der Waals surface area contributed by atoms with E-state index in [0.717, 1.165) is 0 Å². The predicted octanol–water partition coefficient (Wildman–Crippen LogP) is 2.39. The highest BCUT2D eigenvalue weighted by molar-refractivity contribution is 6.34. The van der Waals surface area contributed by atoms with Gasteiger partial charge < -0.3 is 4.57 Å². The molecule has 0 atom stereocenters. The van der Waals surface area contributed by atoms with Gasteiger partial charge in [-0.05, 0) is 30.3 Å². The van der Waals surface area contributed by atoms with Crippen LogP contribution in [0.1, 0.15) is 10.5 Å². The summed E-state index contributed by atoms with van der Waals surface area (Å²) >= 11 is 11.8. The third kappa shape index (κ3) is 2.44. The van der Waals surface area contributed by atoms with Crippen molar-refractivity contribution in [2.45, 2.75) is 0 Å². The second kappa shape index (κ2) is 4.79. The summed E-state index contributed by atoms with van der Waals surface area (Å²) in [5.41, 5.74) is 3.19. The molecule has 4 nitrogen and oxygen atoms in total. The first-order valence-electron chi connectivity index (χ1n) is 4.76. The van der Waals surface area contributed by atoms with Crippen molar-refractivity contribution in [3.8, 4) is 5.69 Å². The highest BCUT2D eigenvalue weighted by atomic mass is 35.5. The molecule has 0 fully saturated rings. The number of hydrogen-bond acceptors (Lipinski definition) is 2. The van der Waals surface area contributed by atoms with E-state index in [1.54, 1.807) is 41.1 Å². The smallest absolute Gasteiger partial charge is 0.282 e. The maximum absolute atomic E-state index is 11.5. The van der Waals surface area contributed by atoms with Gasteiger partial charge in [0.25, 0.3) is 5.91 Å². The van der Waals surface area contributed by atoms with Gasteiger partial charge in [-0.1, -0.05) is 23.2 Å². The number of nitrogens with zero attached hydrogens (tertiary/aromatic N) is 1. The average Bonchev–Trinajstić information content (AvgIpc) is 2.75. The molecule has 6 heteroatoms. The van der Waals surface area contributed by atoms with Crippen molar-refractivity contribution < 1.29 is 4.79 Å². The number of benzene rings is 1. The number of nitrogen functional groups attached to an aromatic ring is 1. The number of hydrazine groups is 1. The molecule has 2 rings (SSSR count). The third-order valence-corrected chi connectivity index (χ3v) is 2.67. The lowest BCUT2D eigenvalue weighted by Crippen LogP contribution is -2.31. The fourth-order valence-electron chi connectivity index (χ4n) is 1.54. The number of carbonyl (C=O) groups excluding carboxylic acids is 1. The second-order valence-electron chi connectivity index (χ2n) is 3.36. The molecule has 0 bridgehead atoms. The van der Waals surface area contributed by atoms with Gasteiger partial charge in [0, 0.05) is 21.9 Å². The number of aromatic nitrogens is 1. The molecule has 0 saturated carbocycles. The van der Waals surface area contributed by atoms with Gasteiger partial charge in [-0.2, -0.15) is 0 Å². The summed E-state index contributed by atoms with van der Waals surface area (Å²) in [6.45, 7) is 0. The standard InChI is InChI=1S/C11H9Cl2N3O/c12-7-4-8(13)6-9(5-7)16-3-1-2-10(16)11(17)15-14/h1-6H,14H2,(H,15,17). The van der Waals surface area contributed by atoms with Crippen LogP contribution in [0.3, 0.4) is 0 Å². The van der Waals surface area contributed by atoms with Crippen molar-refractivity contribution in [1.29, 1.82) is 0 Å². The van der Waals surface area contributed by atoms with E-state index >= 15 is 0 Å². The van der Waals surface area contributed by atoms with E-state index < -0.39 is 0 Å². The zero-order valence-electron chi connectivity index (χ0n) is 8.65. The maximum atomic E-state index is 11.5. The summed E-state index contributed by atoms with van der Waals surface area (Å²) < 4.78 is 1.65. The van der Waals surface area contributed by atoms with Crippen LogP contribution in [0.5, 0.6) is 0 Å². The number of halogens is 2. The van der Waals surface area contributed by atoms with Crippen molar-refractivity contribution >= 4 is 29.1 Å². The number of amides is 1. The van der Waals surface area contributed by atoms with Gasteiger partial charge >= 0.3 is 0 Å². The number of nitrogens with two attached hydrogens (primary N) is 1. The normalized spacial score (nSPS) is 10.3. The summed E-state index contributed by atoms with van der Waals surface area (Å²) in [6, 6.07) is 8.43. The van der Waals surface area contributed by atoms with Crippen LogP contribution in [0, 0.1) is 0 Å². The Balaban J connectivity index is 2.53. The molecule has 3 N–H and O–H groups in total. The van der Waals surface area contributed by atoms with Gasteiger partial charge in [0.15, 0.2) is 0 Å². The number of nitrogens with one attached hydrogen (secondary N) is 1. The molecular formula is C11H9Cl2N3O. The summed E-state index contributed by atoms with van der Waals surface area (Å²) in [4.78, 5) is 11.5. The van der Waals surface area contributed by atoms with Crippen LogP contribution in [-0.2, 0) is 0 Å². The molecule has 0 spiro atoms. The van der Waals surface area contributed by atoms with Crippen molar-refractivity contribution in [3.63, 3.8) is 0 Å². The first kappa shape index (κ1) is 12.0. The quantitative estimate of drug-likeness (QED) is 0.500. The Morgan fingerprint density at radius 3 is 2.47 bits per heavy atom. The molecule has 0 aliphatic carbocycles. The Kier molecular flexibility index (Phi) is 3.38. The van der Waals surface area contributed by atoms with Crippen molar-refractivity contribution in [2.24, 2.45) is 5.84 Å². The first-order chi connectivity index (χ1) is 8.11. The van der Waals surface area contributed by atoms with Crippen molar-refractivity contribution in [1.82, 2.24) is 9.99 Å². The van der Waals surface area contributed by atoms with Gasteiger partial charge in [0.05, 0.1) is 0 Å². The molecule has 0 unspecified atom stereocenters. The van der Waals surface area contributed by atoms with Crippen LogP contribution >= 0.6 is 23.2 Å². The van der Waals surface area contributed by atoms with E-state index in [1.165, 1.54) is 0 Å². The van der Waals surface area contributed by atoms with E-state index in [4.69, 9.17) is 29.0 Å². The minimum atomic E-state index is -0.383. The van der Waals surface area contributed by atoms with Gasteiger partial charge in [0.1, 0.15) is 5.69 Å². The molecule has 0 saturated heterocycles. The van der Waals surface area contributed by atoms with Crippen LogP contribution in [0.2, 0.25) is 10.0 Å². The minimum absolute atomic E-state index is 0.383. The molecule has 1 amide bonds. The zero-order chi connectivity index (χ0) is 12.4. The molecule has 88 valence electrons. The van der Waals surface area contributed by atoms with Crippen molar-refractivity contribution in [3.05, 3.63) is 52.3 Å². The largest absolute Gasteiger partial charge is 0.312 e. The molecule has 0 aliphatic rings. The third-order valence-electron chi connectivity index (χ3n) is 2.24. The van der Waals surface area contributed by atoms with E-state index in [-0.39, 0.29) is 5.91 Å². The fraction of sp³-hybridized carbons (Fsp3) is 0. The fourth-order valence-corrected chi connectivity index (χ4v) is 2.06. The lowest BCUT2D eigenvalue weighted by Gasteiger charge is -2.09. The van der Waals surface area contributed by atoms with E-state index in [2.05, 4.69) is 5.43 Å². The summed E-state index contributed by atoms with van der Waals surface area (Å²) in [5.74, 6) is 4.72. The second-order valence-corrected chi connectivity index (χ2v) is 4.24. The summed E-state index contributed by atoms with van der Waals surface area (Å²) in [7, 11) is 0. The highest BCUT2D eigenvalue weighted by Gasteiger charge is 2.11. The van der Waals surface area contributed by atoms with E-state index in [0.29, 0.717) is 21.4 Å². The van der Waals surface area contributed by atoms with Crippen LogP contribution < -0.4 is 11.3 Å². The van der Waals surface area contributed by atoms with Crippen LogP contribution in [0.25, 0.3) is 5.69 Å². The first-order valence-corrected chi connectivity index (χ1v) is 5.52. The Morgan fingerprint density at radius 1 is 1.24 bits per heavy atom. The molecule has 17 heavy (non-hydrogen) atoms. The lowest BCUT2D eigenvalue weighted by molar-refractivity contribution is 0.0947. The summed E-state index contributed by atoms with van der Waals surface area (Å²) in [5, 5.41) is 1.00. The topological polar surface area (TPSA) is 60.0 Å². The minimum Gasteiger partial charge on any atom is -0.312 e. The molecular weight excluding hydrogens is 261 g/mol. The Hall–Kier alpha value is -1.49. The Morgan fingerprint density at radius 2 is 1.88 bits per heavy atom. The maximum Gasteiger partial charge on any atom is 0.282 e. The van der Waals surface area contributed by atoms with Crippen LogP contribution in [0.15, 0.2) is 36.5 Å². The number of hydrogen-bond donors (Lipinski definition) is 2. The average molecular weight is 270 g/mol. The summed E-state index contributed by atoms with van der Waals surface area (Å²) in [6.07, 6.45) is 1.73. The molecule has 2 aromatic rings. The van der Waals surface area contributed by atoms with Gasteiger partial charge in [-0.25, -0.2) is 5.84 Å². The Bertz CT molecular complexity index is 545. The van der Waals surface area contributed by atoms with Crippen molar-refractivity contribution in [2.75, 3.05) is 0 Å². The predicted molar refractivity (Wildman–Crippen MR) is 67.4 cm³/mol. The van der Waals surface area contributed by atoms with Crippen LogP contribution in [0.4, 0.5) is 0 Å². The van der Waals surface area contributed by atoms with Gasteiger partial charge in [-0.15, -0.1) is 0 Å². The van der Waals surface area contributed by atoms with E-state index in [9.17, 15) is 4.79 Å². The monoisotopic (exact) mass is 269 g/mol. The van der Waals surface area contributed by atoms with E-state index in [1.807, 2.05) is 0 Å². The SMILES string of the molecule is NNC(=O)c1cccn1-c1cc(Cl)cc(Cl)c1. The van der Waals surface area contributed by atoms with Gasteiger partial charge in [-0.3, -0.25) is 10.2 Å². The van der Waals surface area contributed by atoms with Crippen LogP contribution in [-0.4, -0.2) is 10.5 Å². The molecule has 0 aliphatic heterocycles. The molecule has 1 heterocycles. The molecule has 1 aromatic carbocycles. The lowest BCUT2D eigenvalue weighted by atomic mass is 10.3. The van der Waals surface area contributed by atoms with Gasteiger partial charge in [0.2, 0.25) is 0 Å².